The van der Waals surface area contributed by atoms with Gasteiger partial charge in [-0.15, -0.1) is 0 Å². The first-order valence-electron chi connectivity index (χ1n) is 6.01. The molecule has 0 saturated carbocycles. The van der Waals surface area contributed by atoms with Crippen LogP contribution in [0.15, 0.2) is 10.5 Å². The summed E-state index contributed by atoms with van der Waals surface area (Å²) in [6.45, 7) is 4.12. The van der Waals surface area contributed by atoms with Crippen LogP contribution in [0.3, 0.4) is 0 Å². The predicted molar refractivity (Wildman–Crippen MR) is 71.9 cm³/mol. The van der Waals surface area contributed by atoms with Crippen molar-refractivity contribution in [3.05, 3.63) is 21.7 Å². The number of aryl methyl sites for hydroxylation is 1. The van der Waals surface area contributed by atoms with Crippen LogP contribution in [-0.2, 0) is 6.42 Å². The highest BCUT2D eigenvalue weighted by Crippen LogP contribution is 2.41. The molecule has 0 bridgehead atoms. The lowest BCUT2D eigenvalue weighted by atomic mass is 10.0. The van der Waals surface area contributed by atoms with Crippen LogP contribution < -0.4 is 15.2 Å². The molecule has 2 N–H and O–H groups in total. The maximum Gasteiger partial charge on any atom is 0.175 e. The van der Waals surface area contributed by atoms with Gasteiger partial charge in [0.15, 0.2) is 11.5 Å². The van der Waals surface area contributed by atoms with E-state index >= 15 is 0 Å². The first-order chi connectivity index (χ1) is 8.24. The van der Waals surface area contributed by atoms with Crippen LogP contribution in [0, 0.1) is 6.92 Å². The maximum atomic E-state index is 5.66. The van der Waals surface area contributed by atoms with Crippen molar-refractivity contribution >= 4 is 15.9 Å². The molecular formula is C13H18BrNO2. The van der Waals surface area contributed by atoms with Gasteiger partial charge in [-0.3, -0.25) is 0 Å². The molecule has 17 heavy (non-hydrogen) atoms. The molecule has 1 aromatic rings. The van der Waals surface area contributed by atoms with Crippen LogP contribution in [0.5, 0.6) is 11.5 Å². The van der Waals surface area contributed by atoms with E-state index in [1.807, 2.05) is 0 Å². The normalized spacial score (nSPS) is 13.8. The molecule has 0 atom stereocenters. The largest absolute Gasteiger partial charge is 0.486 e. The van der Waals surface area contributed by atoms with Crippen molar-refractivity contribution in [3.8, 4) is 11.5 Å². The molecule has 0 fully saturated rings. The maximum absolute atomic E-state index is 5.66. The molecule has 0 amide bonds. The Labute approximate surface area is 110 Å². The van der Waals surface area contributed by atoms with Gasteiger partial charge >= 0.3 is 0 Å². The lowest BCUT2D eigenvalue weighted by Crippen LogP contribution is -2.16. The number of ether oxygens (including phenoxy) is 2. The highest BCUT2D eigenvalue weighted by molar-refractivity contribution is 9.10. The third kappa shape index (κ3) is 2.75. The summed E-state index contributed by atoms with van der Waals surface area (Å²) in [6.07, 6.45) is 3.19. The monoisotopic (exact) mass is 299 g/mol. The number of nitrogens with two attached hydrogens (primary N) is 1. The van der Waals surface area contributed by atoms with Gasteiger partial charge in [0.25, 0.3) is 0 Å². The molecule has 1 heterocycles. The molecule has 94 valence electrons. The summed E-state index contributed by atoms with van der Waals surface area (Å²) in [5, 5.41) is 0. The van der Waals surface area contributed by atoms with E-state index in [-0.39, 0.29) is 0 Å². The van der Waals surface area contributed by atoms with Gasteiger partial charge in [-0.1, -0.05) is 0 Å². The van der Waals surface area contributed by atoms with Crippen LogP contribution in [0.4, 0.5) is 0 Å². The number of unbranched alkanes of at least 4 members (excludes halogenated alkanes) is 1. The zero-order valence-electron chi connectivity index (χ0n) is 10.1. The lowest BCUT2D eigenvalue weighted by molar-refractivity contribution is 0.170. The molecule has 0 saturated heterocycles. The summed E-state index contributed by atoms with van der Waals surface area (Å²) in [7, 11) is 0. The van der Waals surface area contributed by atoms with Crippen LogP contribution in [0.25, 0.3) is 0 Å². The Morgan fingerprint density at radius 2 is 2.06 bits per heavy atom. The van der Waals surface area contributed by atoms with Crippen molar-refractivity contribution in [2.75, 3.05) is 19.8 Å². The summed E-state index contributed by atoms with van der Waals surface area (Å²) < 4.78 is 12.3. The van der Waals surface area contributed by atoms with Gasteiger partial charge in [0, 0.05) is 0 Å². The van der Waals surface area contributed by atoms with Gasteiger partial charge in [0.2, 0.25) is 0 Å². The molecule has 0 aromatic heterocycles. The Bertz CT molecular complexity index is 407. The zero-order chi connectivity index (χ0) is 12.3. The fourth-order valence-corrected chi connectivity index (χ4v) is 2.88. The van der Waals surface area contributed by atoms with Crippen LogP contribution in [0.1, 0.15) is 24.0 Å². The predicted octanol–water partition coefficient (Wildman–Crippen LogP) is 2.81. The van der Waals surface area contributed by atoms with E-state index < -0.39 is 0 Å². The first kappa shape index (κ1) is 12.7. The average molecular weight is 300 g/mol. The SMILES string of the molecule is Cc1cc2c(c(Br)c1CCCCN)OCCO2. The Morgan fingerprint density at radius 3 is 2.82 bits per heavy atom. The first-order valence-corrected chi connectivity index (χ1v) is 6.81. The summed E-state index contributed by atoms with van der Waals surface area (Å²) >= 11 is 3.63. The van der Waals surface area contributed by atoms with Gasteiger partial charge in [0.05, 0.1) is 4.47 Å². The second-order valence-electron chi connectivity index (χ2n) is 4.26. The van der Waals surface area contributed by atoms with Gasteiger partial charge in [0.1, 0.15) is 13.2 Å². The van der Waals surface area contributed by atoms with Crippen LogP contribution in [0.2, 0.25) is 0 Å². The molecular weight excluding hydrogens is 282 g/mol. The summed E-state index contributed by atoms with van der Waals surface area (Å²) in [5.41, 5.74) is 8.08. The van der Waals surface area contributed by atoms with Gasteiger partial charge in [-0.05, 0) is 65.9 Å². The highest BCUT2D eigenvalue weighted by atomic mass is 79.9. The minimum Gasteiger partial charge on any atom is -0.486 e. The fourth-order valence-electron chi connectivity index (χ4n) is 2.06. The van der Waals surface area contributed by atoms with E-state index in [0.29, 0.717) is 13.2 Å². The summed E-state index contributed by atoms with van der Waals surface area (Å²) in [6, 6.07) is 2.07. The number of rotatable bonds is 4. The standard InChI is InChI=1S/C13H18BrNO2/c1-9-8-11-13(17-7-6-16-11)12(14)10(9)4-2-3-5-15/h8H,2-7,15H2,1H3. The molecule has 0 aliphatic carbocycles. The molecule has 4 heteroatoms. The number of hydrogen-bond acceptors (Lipinski definition) is 3. The van der Waals surface area contributed by atoms with Crippen molar-refractivity contribution in [2.45, 2.75) is 26.2 Å². The lowest BCUT2D eigenvalue weighted by Gasteiger charge is -2.22. The highest BCUT2D eigenvalue weighted by Gasteiger charge is 2.19. The second-order valence-corrected chi connectivity index (χ2v) is 5.05. The Balaban J connectivity index is 2.26. The van der Waals surface area contributed by atoms with E-state index in [9.17, 15) is 0 Å². The average Bonchev–Trinajstić information content (AvgIpc) is 2.33. The number of halogens is 1. The smallest absolute Gasteiger partial charge is 0.175 e. The van der Waals surface area contributed by atoms with Crippen molar-refractivity contribution in [1.82, 2.24) is 0 Å². The minimum atomic E-state index is 0.622. The Morgan fingerprint density at radius 1 is 1.29 bits per heavy atom. The van der Waals surface area contributed by atoms with Gasteiger partial charge in [-0.2, -0.15) is 0 Å². The van der Waals surface area contributed by atoms with Gasteiger partial charge in [-0.25, -0.2) is 0 Å². The molecule has 1 aliphatic rings. The van der Waals surface area contributed by atoms with E-state index in [4.69, 9.17) is 15.2 Å². The third-order valence-electron chi connectivity index (χ3n) is 2.98. The van der Waals surface area contributed by atoms with E-state index in [2.05, 4.69) is 28.9 Å². The van der Waals surface area contributed by atoms with E-state index in [0.717, 1.165) is 41.8 Å². The van der Waals surface area contributed by atoms with Crippen LogP contribution >= 0.6 is 15.9 Å². The number of benzene rings is 1. The van der Waals surface area contributed by atoms with Crippen molar-refractivity contribution in [3.63, 3.8) is 0 Å². The van der Waals surface area contributed by atoms with E-state index in [1.54, 1.807) is 0 Å². The molecule has 0 spiro atoms. The quantitative estimate of drug-likeness (QED) is 0.870. The van der Waals surface area contributed by atoms with E-state index in [1.165, 1.54) is 11.1 Å². The molecule has 3 nitrogen and oxygen atoms in total. The zero-order valence-corrected chi connectivity index (χ0v) is 11.7. The topological polar surface area (TPSA) is 44.5 Å². The molecule has 0 unspecified atom stereocenters. The van der Waals surface area contributed by atoms with Crippen molar-refractivity contribution < 1.29 is 9.47 Å². The molecule has 1 aliphatic heterocycles. The summed E-state index contributed by atoms with van der Waals surface area (Å²) in [4.78, 5) is 0. The Kier molecular flexibility index (Phi) is 4.29. The van der Waals surface area contributed by atoms with Crippen LogP contribution in [-0.4, -0.2) is 19.8 Å². The van der Waals surface area contributed by atoms with Gasteiger partial charge < -0.3 is 15.2 Å². The minimum absolute atomic E-state index is 0.622. The number of fused-ring (bicyclic) bond motifs is 1. The molecule has 0 radical (unpaired) electrons. The Hall–Kier alpha value is -0.740. The van der Waals surface area contributed by atoms with Crippen molar-refractivity contribution in [2.24, 2.45) is 5.73 Å². The molecule has 1 aromatic carbocycles. The molecule has 2 rings (SSSR count). The third-order valence-corrected chi connectivity index (χ3v) is 3.82. The summed E-state index contributed by atoms with van der Waals surface area (Å²) in [5.74, 6) is 1.70. The fraction of sp³-hybridized carbons (Fsp3) is 0.538. The van der Waals surface area contributed by atoms with Crippen molar-refractivity contribution in [1.29, 1.82) is 0 Å². The number of hydrogen-bond donors (Lipinski definition) is 1. The second kappa shape index (κ2) is 5.74.